The van der Waals surface area contributed by atoms with Crippen LogP contribution in [-0.2, 0) is 4.79 Å². The maximum atomic E-state index is 12.3. The molecule has 1 aromatic carbocycles. The van der Waals surface area contributed by atoms with Crippen LogP contribution in [0.15, 0.2) is 24.3 Å². The van der Waals surface area contributed by atoms with Gasteiger partial charge in [0.1, 0.15) is 10.7 Å². The Kier molecular flexibility index (Phi) is 6.62. The molecule has 1 amide bonds. The van der Waals surface area contributed by atoms with Gasteiger partial charge in [0.25, 0.3) is 5.91 Å². The van der Waals surface area contributed by atoms with Crippen LogP contribution in [-0.4, -0.2) is 35.0 Å². The van der Waals surface area contributed by atoms with E-state index in [-0.39, 0.29) is 23.5 Å². The van der Waals surface area contributed by atoms with Gasteiger partial charge in [-0.05, 0) is 31.9 Å². The zero-order valence-electron chi connectivity index (χ0n) is 13.1. The summed E-state index contributed by atoms with van der Waals surface area (Å²) >= 11 is 4.98. The molecule has 116 valence electrons. The molecule has 0 aliphatic rings. The van der Waals surface area contributed by atoms with E-state index in [4.69, 9.17) is 22.7 Å². The van der Waals surface area contributed by atoms with Crippen molar-refractivity contribution in [2.24, 2.45) is 11.7 Å². The second-order valence-electron chi connectivity index (χ2n) is 5.68. The molecule has 0 radical (unpaired) electrons. The summed E-state index contributed by atoms with van der Waals surface area (Å²) in [5.41, 5.74) is 6.30. The van der Waals surface area contributed by atoms with E-state index in [9.17, 15) is 4.79 Å². The molecule has 5 heteroatoms. The number of hydrogen-bond donors (Lipinski definition) is 1. The Labute approximate surface area is 132 Å². The number of hydrogen-bond acceptors (Lipinski definition) is 3. The van der Waals surface area contributed by atoms with E-state index in [1.54, 1.807) is 12.1 Å². The van der Waals surface area contributed by atoms with Crippen LogP contribution in [0.1, 0.15) is 33.3 Å². The minimum Gasteiger partial charge on any atom is -0.483 e. The molecular formula is C16H24N2O2S. The monoisotopic (exact) mass is 308 g/mol. The number of nitrogens with two attached hydrogens (primary N) is 1. The largest absolute Gasteiger partial charge is 0.483 e. The Balaban J connectivity index is 2.73. The molecule has 0 saturated carbocycles. The number of thiocarbonyl (C=S) groups is 1. The summed E-state index contributed by atoms with van der Waals surface area (Å²) in [6.45, 7) is 8.89. The van der Waals surface area contributed by atoms with Gasteiger partial charge in [-0.1, -0.05) is 38.2 Å². The van der Waals surface area contributed by atoms with Gasteiger partial charge in [0, 0.05) is 12.6 Å². The van der Waals surface area contributed by atoms with Crippen molar-refractivity contribution in [3.05, 3.63) is 29.8 Å². The number of carbonyl (C=O) groups excluding carboxylic acids is 1. The van der Waals surface area contributed by atoms with Crippen LogP contribution in [0.2, 0.25) is 0 Å². The quantitative estimate of drug-likeness (QED) is 0.787. The number of benzene rings is 1. The number of para-hydroxylation sites is 1. The lowest BCUT2D eigenvalue weighted by atomic mass is 10.2. The lowest BCUT2D eigenvalue weighted by Gasteiger charge is -2.28. The summed E-state index contributed by atoms with van der Waals surface area (Å²) in [7, 11) is 0. The maximum absolute atomic E-state index is 12.3. The van der Waals surface area contributed by atoms with Crippen molar-refractivity contribution < 1.29 is 9.53 Å². The van der Waals surface area contributed by atoms with Crippen LogP contribution in [0.5, 0.6) is 5.75 Å². The van der Waals surface area contributed by atoms with E-state index in [1.807, 2.05) is 30.9 Å². The molecular weight excluding hydrogens is 284 g/mol. The van der Waals surface area contributed by atoms with Gasteiger partial charge >= 0.3 is 0 Å². The van der Waals surface area contributed by atoms with Crippen LogP contribution < -0.4 is 10.5 Å². The first kappa shape index (κ1) is 17.4. The highest BCUT2D eigenvalue weighted by atomic mass is 32.1. The van der Waals surface area contributed by atoms with Gasteiger partial charge in [-0.25, -0.2) is 0 Å². The highest BCUT2D eigenvalue weighted by Crippen LogP contribution is 2.18. The van der Waals surface area contributed by atoms with Crippen molar-refractivity contribution in [2.75, 3.05) is 13.2 Å². The van der Waals surface area contributed by atoms with E-state index >= 15 is 0 Å². The number of carbonyl (C=O) groups is 1. The molecule has 4 nitrogen and oxygen atoms in total. The molecule has 21 heavy (non-hydrogen) atoms. The predicted octanol–water partition coefficient (Wildman–Crippen LogP) is 2.59. The summed E-state index contributed by atoms with van der Waals surface area (Å²) in [6, 6.07) is 7.37. The fraction of sp³-hybridized carbons (Fsp3) is 0.500. The molecule has 0 spiro atoms. The third-order valence-electron chi connectivity index (χ3n) is 3.01. The second kappa shape index (κ2) is 7.98. The highest BCUT2D eigenvalue weighted by Gasteiger charge is 2.19. The summed E-state index contributed by atoms with van der Waals surface area (Å²) in [6.07, 6.45) is 0. The van der Waals surface area contributed by atoms with Gasteiger partial charge in [-0.15, -0.1) is 0 Å². The van der Waals surface area contributed by atoms with Gasteiger partial charge in [0.05, 0.1) is 5.56 Å². The van der Waals surface area contributed by atoms with Gasteiger partial charge in [-0.2, -0.15) is 0 Å². The number of ether oxygens (including phenoxy) is 1. The van der Waals surface area contributed by atoms with Crippen LogP contribution >= 0.6 is 12.2 Å². The summed E-state index contributed by atoms with van der Waals surface area (Å²) < 4.78 is 5.61. The molecule has 0 bridgehead atoms. The SMILES string of the molecule is CC(C)CN(C(=O)COc1ccccc1C(N)=S)C(C)C. The normalized spacial score (nSPS) is 10.8. The standard InChI is InChI=1S/C16H24N2O2S/c1-11(2)9-18(12(3)4)15(19)10-20-14-8-6-5-7-13(14)16(17)21/h5-8,11-12H,9-10H2,1-4H3,(H2,17,21). The summed E-state index contributed by atoms with van der Waals surface area (Å²) in [4.78, 5) is 14.4. The molecule has 1 rings (SSSR count). The lowest BCUT2D eigenvalue weighted by molar-refractivity contribution is -0.135. The van der Waals surface area contributed by atoms with Crippen molar-refractivity contribution in [2.45, 2.75) is 33.7 Å². The van der Waals surface area contributed by atoms with Crippen molar-refractivity contribution >= 4 is 23.1 Å². The average molecular weight is 308 g/mol. The van der Waals surface area contributed by atoms with E-state index in [0.717, 1.165) is 6.54 Å². The Morgan fingerprint density at radius 1 is 1.29 bits per heavy atom. The Morgan fingerprint density at radius 3 is 2.43 bits per heavy atom. The molecule has 0 heterocycles. The first-order valence-electron chi connectivity index (χ1n) is 7.14. The van der Waals surface area contributed by atoms with Gasteiger partial charge in [-0.3, -0.25) is 4.79 Å². The van der Waals surface area contributed by atoms with Crippen molar-refractivity contribution in [1.82, 2.24) is 4.90 Å². The van der Waals surface area contributed by atoms with Crippen LogP contribution in [0.4, 0.5) is 0 Å². The van der Waals surface area contributed by atoms with E-state index in [0.29, 0.717) is 17.2 Å². The van der Waals surface area contributed by atoms with Crippen LogP contribution in [0.25, 0.3) is 0 Å². The van der Waals surface area contributed by atoms with E-state index < -0.39 is 0 Å². The van der Waals surface area contributed by atoms with Crippen LogP contribution in [0, 0.1) is 5.92 Å². The highest BCUT2D eigenvalue weighted by molar-refractivity contribution is 7.80. The molecule has 1 aromatic rings. The number of rotatable bonds is 7. The average Bonchev–Trinajstić information content (AvgIpc) is 2.41. The van der Waals surface area contributed by atoms with Crippen molar-refractivity contribution in [3.63, 3.8) is 0 Å². The van der Waals surface area contributed by atoms with E-state index in [2.05, 4.69) is 13.8 Å². The van der Waals surface area contributed by atoms with Crippen molar-refractivity contribution in [3.8, 4) is 5.75 Å². The number of amides is 1. The third-order valence-corrected chi connectivity index (χ3v) is 3.23. The van der Waals surface area contributed by atoms with Gasteiger partial charge < -0.3 is 15.4 Å². The predicted molar refractivity (Wildman–Crippen MR) is 89.5 cm³/mol. The molecule has 0 aromatic heterocycles. The van der Waals surface area contributed by atoms with Crippen LogP contribution in [0.3, 0.4) is 0 Å². The molecule has 0 aliphatic carbocycles. The second-order valence-corrected chi connectivity index (χ2v) is 6.12. The topological polar surface area (TPSA) is 55.6 Å². The first-order valence-corrected chi connectivity index (χ1v) is 7.54. The third kappa shape index (κ3) is 5.34. The Morgan fingerprint density at radius 2 is 1.90 bits per heavy atom. The summed E-state index contributed by atoms with van der Waals surface area (Å²) in [5, 5.41) is 0. The minimum absolute atomic E-state index is 0.00940. The van der Waals surface area contributed by atoms with Gasteiger partial charge in [0.15, 0.2) is 6.61 Å². The zero-order chi connectivity index (χ0) is 16.0. The lowest BCUT2D eigenvalue weighted by Crippen LogP contribution is -2.42. The Bertz CT molecular complexity index is 501. The number of nitrogens with zero attached hydrogens (tertiary/aromatic N) is 1. The van der Waals surface area contributed by atoms with Gasteiger partial charge in [0.2, 0.25) is 0 Å². The minimum atomic E-state index is -0.0311. The molecule has 0 atom stereocenters. The molecule has 0 saturated heterocycles. The molecule has 2 N–H and O–H groups in total. The molecule has 0 fully saturated rings. The van der Waals surface area contributed by atoms with Crippen molar-refractivity contribution in [1.29, 1.82) is 0 Å². The molecule has 0 unspecified atom stereocenters. The molecule has 0 aliphatic heterocycles. The summed E-state index contributed by atoms with van der Waals surface area (Å²) in [5.74, 6) is 0.934. The fourth-order valence-corrected chi connectivity index (χ4v) is 2.18. The Hall–Kier alpha value is -1.62. The fourth-order valence-electron chi connectivity index (χ4n) is 2.01. The van der Waals surface area contributed by atoms with E-state index in [1.165, 1.54) is 0 Å². The smallest absolute Gasteiger partial charge is 0.260 e. The zero-order valence-corrected chi connectivity index (χ0v) is 13.9. The maximum Gasteiger partial charge on any atom is 0.260 e. The first-order chi connectivity index (χ1) is 9.82.